The van der Waals surface area contributed by atoms with Gasteiger partial charge in [0.25, 0.3) is 0 Å². The minimum Gasteiger partial charge on any atom is -0.323 e. The van der Waals surface area contributed by atoms with Gasteiger partial charge in [0.15, 0.2) is 0 Å². The highest BCUT2D eigenvalue weighted by molar-refractivity contribution is 9.10. The molecule has 0 spiro atoms. The third kappa shape index (κ3) is 1.86. The van der Waals surface area contributed by atoms with Gasteiger partial charge in [-0.05, 0) is 41.3 Å². The molecular formula is C13H13BrClFN2. The summed E-state index contributed by atoms with van der Waals surface area (Å²) in [6, 6.07) is 3.67. The molecule has 96 valence electrons. The minimum absolute atomic E-state index is 0.174. The van der Waals surface area contributed by atoms with Crippen LogP contribution in [0, 0.1) is 11.7 Å². The second-order valence-corrected chi connectivity index (χ2v) is 6.50. The number of fused-ring (bicyclic) bond motifs is 1. The average molecular weight is 332 g/mol. The Bertz CT molecular complexity index is 623. The molecule has 1 fully saturated rings. The van der Waals surface area contributed by atoms with Crippen molar-refractivity contribution in [3.05, 3.63) is 28.2 Å². The summed E-state index contributed by atoms with van der Waals surface area (Å²) in [5, 5.41) is -0.174. The maximum absolute atomic E-state index is 13.7. The van der Waals surface area contributed by atoms with Crippen LogP contribution < -0.4 is 0 Å². The Balaban J connectivity index is 2.27. The van der Waals surface area contributed by atoms with E-state index in [9.17, 15) is 4.39 Å². The summed E-state index contributed by atoms with van der Waals surface area (Å²) in [7, 11) is 0. The van der Waals surface area contributed by atoms with Crippen LogP contribution in [0.3, 0.4) is 0 Å². The summed E-state index contributed by atoms with van der Waals surface area (Å²) >= 11 is 9.38. The van der Waals surface area contributed by atoms with E-state index in [4.69, 9.17) is 11.6 Å². The fourth-order valence-electron chi connectivity index (χ4n) is 2.40. The van der Waals surface area contributed by atoms with E-state index in [1.54, 1.807) is 12.1 Å². The number of rotatable bonds is 2. The number of halogens is 3. The zero-order valence-electron chi connectivity index (χ0n) is 10.1. The molecule has 3 atom stereocenters. The van der Waals surface area contributed by atoms with Gasteiger partial charge in [0.05, 0.1) is 20.9 Å². The molecule has 5 heteroatoms. The fourth-order valence-corrected chi connectivity index (χ4v) is 2.89. The predicted molar refractivity (Wildman–Crippen MR) is 74.5 cm³/mol. The van der Waals surface area contributed by atoms with Crippen molar-refractivity contribution < 1.29 is 4.39 Å². The van der Waals surface area contributed by atoms with Crippen LogP contribution in [0.15, 0.2) is 16.6 Å². The van der Waals surface area contributed by atoms with Crippen LogP contribution in [0.5, 0.6) is 0 Å². The monoisotopic (exact) mass is 330 g/mol. The third-order valence-electron chi connectivity index (χ3n) is 3.51. The number of alkyl halides is 1. The minimum atomic E-state index is -0.259. The zero-order chi connectivity index (χ0) is 13.0. The first-order chi connectivity index (χ1) is 8.49. The van der Waals surface area contributed by atoms with Crippen LogP contribution >= 0.6 is 27.5 Å². The standard InChI is InChI=1S/C13H13BrClFN2/c1-6-3-11(6)18-12-5-9(16)8(14)4-10(12)17-13(18)7(2)15/h4-7,11H,3H2,1-2H3. The number of hydrogen-bond donors (Lipinski definition) is 0. The van der Waals surface area contributed by atoms with Crippen LogP contribution in [-0.2, 0) is 0 Å². The number of aromatic nitrogens is 2. The predicted octanol–water partition coefficient (Wildman–Crippen LogP) is 4.82. The Labute approximate surface area is 118 Å². The van der Waals surface area contributed by atoms with E-state index < -0.39 is 0 Å². The molecular weight excluding hydrogens is 319 g/mol. The summed E-state index contributed by atoms with van der Waals surface area (Å²) in [5.41, 5.74) is 1.64. The first-order valence-electron chi connectivity index (χ1n) is 6.00. The van der Waals surface area contributed by atoms with Crippen molar-refractivity contribution in [2.45, 2.75) is 31.7 Å². The van der Waals surface area contributed by atoms with Gasteiger partial charge in [0.2, 0.25) is 0 Å². The number of hydrogen-bond acceptors (Lipinski definition) is 1. The van der Waals surface area contributed by atoms with Crippen LogP contribution in [0.1, 0.15) is 37.5 Å². The topological polar surface area (TPSA) is 17.8 Å². The summed E-state index contributed by atoms with van der Waals surface area (Å²) in [6.45, 7) is 4.09. The van der Waals surface area contributed by atoms with Crippen molar-refractivity contribution in [3.63, 3.8) is 0 Å². The van der Waals surface area contributed by atoms with E-state index >= 15 is 0 Å². The maximum Gasteiger partial charge on any atom is 0.139 e. The average Bonchev–Trinajstić information content (AvgIpc) is 2.88. The van der Waals surface area contributed by atoms with Crippen molar-refractivity contribution in [3.8, 4) is 0 Å². The molecule has 18 heavy (non-hydrogen) atoms. The van der Waals surface area contributed by atoms with E-state index in [-0.39, 0.29) is 11.2 Å². The molecule has 3 unspecified atom stereocenters. The molecule has 1 saturated carbocycles. The highest BCUT2D eigenvalue weighted by atomic mass is 79.9. The second kappa shape index (κ2) is 4.20. The van der Waals surface area contributed by atoms with E-state index in [0.29, 0.717) is 16.4 Å². The highest BCUT2D eigenvalue weighted by Crippen LogP contribution is 2.46. The lowest BCUT2D eigenvalue weighted by Gasteiger charge is -2.09. The van der Waals surface area contributed by atoms with E-state index in [2.05, 4.69) is 32.4 Å². The Morgan fingerprint density at radius 2 is 2.22 bits per heavy atom. The molecule has 0 bridgehead atoms. The molecule has 1 aromatic heterocycles. The van der Waals surface area contributed by atoms with Crippen LogP contribution in [-0.4, -0.2) is 9.55 Å². The molecule has 2 nitrogen and oxygen atoms in total. The van der Waals surface area contributed by atoms with E-state index in [1.165, 1.54) is 0 Å². The molecule has 1 aliphatic rings. The third-order valence-corrected chi connectivity index (χ3v) is 4.32. The molecule has 0 saturated heterocycles. The van der Waals surface area contributed by atoms with Crippen molar-refractivity contribution in [1.82, 2.24) is 9.55 Å². The lowest BCUT2D eigenvalue weighted by molar-refractivity contribution is 0.618. The summed E-state index contributed by atoms with van der Waals surface area (Å²) in [5.74, 6) is 1.19. The molecule has 2 aromatic rings. The Kier molecular flexibility index (Phi) is 2.90. The van der Waals surface area contributed by atoms with Crippen molar-refractivity contribution in [2.24, 2.45) is 5.92 Å². The summed E-state index contributed by atoms with van der Waals surface area (Å²) in [4.78, 5) is 4.54. The van der Waals surface area contributed by atoms with Gasteiger partial charge in [0, 0.05) is 12.1 Å². The van der Waals surface area contributed by atoms with Gasteiger partial charge in [0.1, 0.15) is 11.6 Å². The van der Waals surface area contributed by atoms with Crippen LogP contribution in [0.4, 0.5) is 4.39 Å². The normalized spacial score (nSPS) is 24.5. The van der Waals surface area contributed by atoms with Gasteiger partial charge in [-0.2, -0.15) is 0 Å². The number of nitrogens with zero attached hydrogens (tertiary/aromatic N) is 2. The smallest absolute Gasteiger partial charge is 0.139 e. The van der Waals surface area contributed by atoms with Crippen molar-refractivity contribution in [1.29, 1.82) is 0 Å². The molecule has 0 aliphatic heterocycles. The Morgan fingerprint density at radius 1 is 1.56 bits per heavy atom. The van der Waals surface area contributed by atoms with E-state index in [0.717, 1.165) is 23.3 Å². The van der Waals surface area contributed by atoms with Gasteiger partial charge in [-0.25, -0.2) is 9.37 Å². The zero-order valence-corrected chi connectivity index (χ0v) is 12.5. The lowest BCUT2D eigenvalue weighted by Crippen LogP contribution is -2.03. The molecule has 1 aromatic carbocycles. The Morgan fingerprint density at radius 3 is 2.78 bits per heavy atom. The van der Waals surface area contributed by atoms with E-state index in [1.807, 2.05) is 6.92 Å². The van der Waals surface area contributed by atoms with Gasteiger partial charge >= 0.3 is 0 Å². The molecule has 1 aliphatic carbocycles. The van der Waals surface area contributed by atoms with Crippen LogP contribution in [0.2, 0.25) is 0 Å². The van der Waals surface area contributed by atoms with Gasteiger partial charge in [-0.3, -0.25) is 0 Å². The molecule has 0 radical (unpaired) electrons. The Hall–Kier alpha value is -0.610. The largest absolute Gasteiger partial charge is 0.323 e. The molecule has 0 N–H and O–H groups in total. The van der Waals surface area contributed by atoms with Gasteiger partial charge in [-0.15, -0.1) is 11.6 Å². The first-order valence-corrected chi connectivity index (χ1v) is 7.23. The second-order valence-electron chi connectivity index (χ2n) is 4.99. The molecule has 0 amide bonds. The molecule has 1 heterocycles. The summed E-state index contributed by atoms with van der Waals surface area (Å²) in [6.07, 6.45) is 1.11. The van der Waals surface area contributed by atoms with Crippen molar-refractivity contribution >= 4 is 38.6 Å². The summed E-state index contributed by atoms with van der Waals surface area (Å²) < 4.78 is 16.2. The fraction of sp³-hybridized carbons (Fsp3) is 0.462. The highest BCUT2D eigenvalue weighted by Gasteiger charge is 2.37. The first kappa shape index (κ1) is 12.4. The SMILES string of the molecule is CC(Cl)c1nc2cc(Br)c(F)cc2n1C1CC1C. The lowest BCUT2D eigenvalue weighted by atomic mass is 10.3. The molecule has 3 rings (SSSR count). The van der Waals surface area contributed by atoms with Crippen LogP contribution in [0.25, 0.3) is 11.0 Å². The maximum atomic E-state index is 13.7. The van der Waals surface area contributed by atoms with Gasteiger partial charge in [-0.1, -0.05) is 6.92 Å². The van der Waals surface area contributed by atoms with Gasteiger partial charge < -0.3 is 4.57 Å². The quantitative estimate of drug-likeness (QED) is 0.722. The number of imidazole rings is 1. The number of benzene rings is 1. The van der Waals surface area contributed by atoms with Crippen molar-refractivity contribution in [2.75, 3.05) is 0 Å².